The quantitative estimate of drug-likeness (QED) is 0.794. The second-order valence-electron chi connectivity index (χ2n) is 6.65. The molecule has 5 heteroatoms. The third-order valence-corrected chi connectivity index (χ3v) is 5.07. The minimum absolute atomic E-state index is 0.101. The number of carbonyl (C=O) groups excluding carboxylic acids is 2. The molecule has 1 aliphatic rings. The second kappa shape index (κ2) is 8.47. The van der Waals surface area contributed by atoms with Gasteiger partial charge in [-0.15, -0.1) is 0 Å². The monoisotopic (exact) mass is 370 g/mol. The van der Waals surface area contributed by atoms with Gasteiger partial charge in [-0.1, -0.05) is 48.4 Å². The molecule has 1 N–H and O–H groups in total. The summed E-state index contributed by atoms with van der Waals surface area (Å²) in [6, 6.07) is 13.8. The molecule has 1 atom stereocenters. The number of piperidine rings is 1. The Labute approximate surface area is 159 Å². The van der Waals surface area contributed by atoms with Gasteiger partial charge in [0.2, 0.25) is 5.91 Å². The molecule has 1 amide bonds. The van der Waals surface area contributed by atoms with Crippen LogP contribution in [0.1, 0.15) is 42.1 Å². The van der Waals surface area contributed by atoms with Crippen LogP contribution in [0.3, 0.4) is 0 Å². The number of ketones is 1. The summed E-state index contributed by atoms with van der Waals surface area (Å²) in [6.45, 7) is 3.78. The zero-order chi connectivity index (χ0) is 18.5. The average molecular weight is 371 g/mol. The maximum atomic E-state index is 12.9. The van der Waals surface area contributed by atoms with E-state index in [0.717, 1.165) is 25.9 Å². The Kier molecular flexibility index (Phi) is 6.07. The standard InChI is InChI=1S/C21H23ClN2O2/c1-15(24-12-6-3-7-13-24)21(26)23-19-11-10-17(22)14-18(19)20(25)16-8-4-2-5-9-16/h2,4-5,8-11,14-15H,3,6-7,12-13H2,1H3,(H,23,26)/t15-/m0/s1. The number of nitrogens with zero attached hydrogens (tertiary/aromatic N) is 1. The van der Waals surface area contributed by atoms with Crippen LogP contribution < -0.4 is 5.32 Å². The number of rotatable bonds is 5. The molecule has 136 valence electrons. The van der Waals surface area contributed by atoms with Crippen molar-refractivity contribution in [2.75, 3.05) is 18.4 Å². The van der Waals surface area contributed by atoms with Crippen LogP contribution in [0.5, 0.6) is 0 Å². The highest BCUT2D eigenvalue weighted by Gasteiger charge is 2.24. The van der Waals surface area contributed by atoms with Crippen LogP contribution >= 0.6 is 11.6 Å². The van der Waals surface area contributed by atoms with E-state index in [1.165, 1.54) is 6.42 Å². The zero-order valence-electron chi connectivity index (χ0n) is 14.9. The van der Waals surface area contributed by atoms with Crippen LogP contribution in [-0.4, -0.2) is 35.7 Å². The van der Waals surface area contributed by atoms with Gasteiger partial charge in [0, 0.05) is 16.1 Å². The smallest absolute Gasteiger partial charge is 0.241 e. The Morgan fingerprint density at radius 3 is 2.42 bits per heavy atom. The number of anilines is 1. The molecule has 0 aromatic heterocycles. The SMILES string of the molecule is C[C@@H](C(=O)Nc1ccc(Cl)cc1C(=O)c1ccccc1)N1CCCCC1. The van der Waals surface area contributed by atoms with Crippen LogP contribution in [0.4, 0.5) is 5.69 Å². The lowest BCUT2D eigenvalue weighted by Gasteiger charge is -2.31. The Morgan fingerprint density at radius 1 is 1.04 bits per heavy atom. The van der Waals surface area contributed by atoms with Gasteiger partial charge < -0.3 is 5.32 Å². The number of benzene rings is 2. The fourth-order valence-electron chi connectivity index (χ4n) is 3.27. The third-order valence-electron chi connectivity index (χ3n) is 4.84. The number of hydrogen-bond acceptors (Lipinski definition) is 3. The maximum Gasteiger partial charge on any atom is 0.241 e. The van der Waals surface area contributed by atoms with E-state index in [9.17, 15) is 9.59 Å². The maximum absolute atomic E-state index is 12.9. The first-order chi connectivity index (χ1) is 12.6. The van der Waals surface area contributed by atoms with E-state index in [4.69, 9.17) is 11.6 Å². The minimum atomic E-state index is -0.231. The first-order valence-electron chi connectivity index (χ1n) is 9.00. The molecule has 1 saturated heterocycles. The van der Waals surface area contributed by atoms with Crippen molar-refractivity contribution in [1.29, 1.82) is 0 Å². The fourth-order valence-corrected chi connectivity index (χ4v) is 3.44. The van der Waals surface area contributed by atoms with E-state index in [0.29, 0.717) is 21.8 Å². The van der Waals surface area contributed by atoms with Gasteiger partial charge in [-0.3, -0.25) is 14.5 Å². The summed E-state index contributed by atoms with van der Waals surface area (Å²) in [5.41, 5.74) is 1.47. The van der Waals surface area contributed by atoms with Gasteiger partial charge >= 0.3 is 0 Å². The Morgan fingerprint density at radius 2 is 1.73 bits per heavy atom. The molecule has 4 nitrogen and oxygen atoms in total. The number of carbonyl (C=O) groups is 2. The topological polar surface area (TPSA) is 49.4 Å². The predicted molar refractivity (Wildman–Crippen MR) is 105 cm³/mol. The van der Waals surface area contributed by atoms with E-state index in [1.807, 2.05) is 25.1 Å². The van der Waals surface area contributed by atoms with Crippen molar-refractivity contribution >= 4 is 29.0 Å². The first-order valence-corrected chi connectivity index (χ1v) is 9.38. The van der Waals surface area contributed by atoms with Crippen LogP contribution in [0.25, 0.3) is 0 Å². The summed E-state index contributed by atoms with van der Waals surface area (Å²) < 4.78 is 0. The first kappa shape index (κ1) is 18.6. The van der Waals surface area contributed by atoms with Crippen molar-refractivity contribution in [1.82, 2.24) is 4.90 Å². The molecule has 0 spiro atoms. The third kappa shape index (κ3) is 4.32. The summed E-state index contributed by atoms with van der Waals surface area (Å²) in [6.07, 6.45) is 3.46. The molecule has 0 saturated carbocycles. The molecule has 3 rings (SSSR count). The van der Waals surface area contributed by atoms with Gasteiger partial charge in [0.25, 0.3) is 0 Å². The molecule has 0 unspecified atom stereocenters. The molecule has 1 fully saturated rings. The summed E-state index contributed by atoms with van der Waals surface area (Å²) in [5.74, 6) is -0.259. The molecule has 0 radical (unpaired) electrons. The van der Waals surface area contributed by atoms with E-state index in [-0.39, 0.29) is 17.7 Å². The van der Waals surface area contributed by atoms with Gasteiger partial charge in [-0.05, 0) is 51.1 Å². The molecule has 26 heavy (non-hydrogen) atoms. The average Bonchev–Trinajstić information content (AvgIpc) is 2.69. The Balaban J connectivity index is 1.81. The molecule has 1 heterocycles. The second-order valence-corrected chi connectivity index (χ2v) is 7.08. The van der Waals surface area contributed by atoms with Crippen molar-refractivity contribution in [2.24, 2.45) is 0 Å². The van der Waals surface area contributed by atoms with Crippen molar-refractivity contribution in [2.45, 2.75) is 32.2 Å². The van der Waals surface area contributed by atoms with Gasteiger partial charge in [-0.2, -0.15) is 0 Å². The van der Waals surface area contributed by atoms with Gasteiger partial charge in [0.1, 0.15) is 0 Å². The van der Waals surface area contributed by atoms with Gasteiger partial charge in [0.05, 0.1) is 11.7 Å². The summed E-state index contributed by atoms with van der Waals surface area (Å²) in [5, 5.41) is 3.39. The van der Waals surface area contributed by atoms with Crippen LogP contribution in [0, 0.1) is 0 Å². The fraction of sp³-hybridized carbons (Fsp3) is 0.333. The summed E-state index contributed by atoms with van der Waals surface area (Å²) in [4.78, 5) is 27.8. The van der Waals surface area contributed by atoms with Gasteiger partial charge in [0.15, 0.2) is 5.78 Å². The molecule has 1 aliphatic heterocycles. The Hall–Kier alpha value is -2.17. The Bertz CT molecular complexity index is 786. The van der Waals surface area contributed by atoms with Crippen LogP contribution in [-0.2, 0) is 4.79 Å². The molecule has 0 aliphatic carbocycles. The molecular formula is C21H23ClN2O2. The zero-order valence-corrected chi connectivity index (χ0v) is 15.6. The highest BCUT2D eigenvalue weighted by Crippen LogP contribution is 2.24. The number of halogens is 1. The van der Waals surface area contributed by atoms with E-state index >= 15 is 0 Å². The molecular weight excluding hydrogens is 348 g/mol. The van der Waals surface area contributed by atoms with E-state index in [2.05, 4.69) is 10.2 Å². The summed E-state index contributed by atoms with van der Waals surface area (Å²) in [7, 11) is 0. The largest absolute Gasteiger partial charge is 0.324 e. The number of nitrogens with one attached hydrogen (secondary N) is 1. The van der Waals surface area contributed by atoms with E-state index < -0.39 is 0 Å². The lowest BCUT2D eigenvalue weighted by atomic mass is 10.0. The molecule has 2 aromatic rings. The summed E-state index contributed by atoms with van der Waals surface area (Å²) >= 11 is 6.10. The molecule has 2 aromatic carbocycles. The van der Waals surface area contributed by atoms with Crippen molar-refractivity contribution < 1.29 is 9.59 Å². The molecule has 0 bridgehead atoms. The van der Waals surface area contributed by atoms with Crippen molar-refractivity contribution in [3.63, 3.8) is 0 Å². The van der Waals surface area contributed by atoms with Crippen LogP contribution in [0.2, 0.25) is 5.02 Å². The lowest BCUT2D eigenvalue weighted by Crippen LogP contribution is -2.44. The normalized spacial score (nSPS) is 16.1. The highest BCUT2D eigenvalue weighted by molar-refractivity contribution is 6.31. The number of hydrogen-bond donors (Lipinski definition) is 1. The predicted octanol–water partition coefficient (Wildman–Crippen LogP) is 4.38. The highest BCUT2D eigenvalue weighted by atomic mass is 35.5. The number of likely N-dealkylation sites (tertiary alicyclic amines) is 1. The van der Waals surface area contributed by atoms with Gasteiger partial charge in [-0.25, -0.2) is 0 Å². The number of amides is 1. The van der Waals surface area contributed by atoms with Crippen molar-refractivity contribution in [3.8, 4) is 0 Å². The van der Waals surface area contributed by atoms with Crippen LogP contribution in [0.15, 0.2) is 48.5 Å². The lowest BCUT2D eigenvalue weighted by molar-refractivity contribution is -0.121. The minimum Gasteiger partial charge on any atom is -0.324 e. The van der Waals surface area contributed by atoms with Crippen molar-refractivity contribution in [3.05, 3.63) is 64.7 Å². The van der Waals surface area contributed by atoms with E-state index in [1.54, 1.807) is 30.3 Å².